The largest absolute Gasteiger partial charge is 0.324 e. The van der Waals surface area contributed by atoms with Crippen LogP contribution in [0.2, 0.25) is 0 Å². The number of hydrogen-bond acceptors (Lipinski definition) is 5. The van der Waals surface area contributed by atoms with Crippen molar-refractivity contribution in [1.82, 2.24) is 4.72 Å². The molecule has 0 amide bonds. The van der Waals surface area contributed by atoms with Gasteiger partial charge in [-0.25, -0.2) is 21.6 Å². The van der Waals surface area contributed by atoms with Gasteiger partial charge in [0.05, 0.1) is 9.79 Å². The number of hydrogen-bond donors (Lipinski definition) is 2. The van der Waals surface area contributed by atoms with Gasteiger partial charge in [0, 0.05) is 18.3 Å². The van der Waals surface area contributed by atoms with E-state index < -0.39 is 25.4 Å². The van der Waals surface area contributed by atoms with Crippen LogP contribution in [0.5, 0.6) is 0 Å². The molecular weight excluding hydrogens is 336 g/mol. The number of sulfone groups is 1. The molecule has 0 aliphatic heterocycles. The standard InChI is InChI=1S/C15H24N2O4S2/c1-22(18,19)13-6-8-14(9-7-13)23(20,21)17-12-15(16)10-4-2-3-5-11-15/h6-9,17H,2-5,10-12,16H2,1H3. The second-order valence-corrected chi connectivity index (χ2v) is 10.1. The average Bonchev–Trinajstić information content (AvgIpc) is 2.70. The van der Waals surface area contributed by atoms with E-state index in [1.54, 1.807) is 0 Å². The Morgan fingerprint density at radius 1 is 0.957 bits per heavy atom. The maximum atomic E-state index is 12.3. The maximum Gasteiger partial charge on any atom is 0.240 e. The lowest BCUT2D eigenvalue weighted by Crippen LogP contribution is -2.49. The molecule has 0 unspecified atom stereocenters. The van der Waals surface area contributed by atoms with Crippen molar-refractivity contribution >= 4 is 19.9 Å². The molecule has 0 spiro atoms. The molecular formula is C15H24N2O4S2. The zero-order valence-electron chi connectivity index (χ0n) is 13.3. The highest BCUT2D eigenvalue weighted by Gasteiger charge is 2.28. The Bertz CT molecular complexity index is 732. The number of sulfonamides is 1. The van der Waals surface area contributed by atoms with Gasteiger partial charge in [-0.05, 0) is 37.1 Å². The molecule has 0 saturated heterocycles. The van der Waals surface area contributed by atoms with Crippen molar-refractivity contribution in [3.63, 3.8) is 0 Å². The van der Waals surface area contributed by atoms with Crippen molar-refractivity contribution in [2.24, 2.45) is 5.73 Å². The second-order valence-electron chi connectivity index (χ2n) is 6.34. The van der Waals surface area contributed by atoms with Crippen LogP contribution >= 0.6 is 0 Å². The minimum Gasteiger partial charge on any atom is -0.324 e. The third-order valence-corrected chi connectivity index (χ3v) is 6.82. The first-order chi connectivity index (χ1) is 10.6. The van der Waals surface area contributed by atoms with Gasteiger partial charge >= 0.3 is 0 Å². The molecule has 0 heterocycles. The van der Waals surface area contributed by atoms with E-state index >= 15 is 0 Å². The van der Waals surface area contributed by atoms with Gasteiger partial charge in [0.2, 0.25) is 10.0 Å². The van der Waals surface area contributed by atoms with E-state index in [0.29, 0.717) is 0 Å². The first-order valence-electron chi connectivity index (χ1n) is 7.71. The fraction of sp³-hybridized carbons (Fsp3) is 0.600. The van der Waals surface area contributed by atoms with Crippen LogP contribution in [0.3, 0.4) is 0 Å². The summed E-state index contributed by atoms with van der Waals surface area (Å²) in [6.45, 7) is 0.198. The lowest BCUT2D eigenvalue weighted by Gasteiger charge is -2.28. The third kappa shape index (κ3) is 5.00. The van der Waals surface area contributed by atoms with Gasteiger partial charge < -0.3 is 5.73 Å². The highest BCUT2D eigenvalue weighted by atomic mass is 32.2. The fourth-order valence-corrected chi connectivity index (χ4v) is 4.57. The fourth-order valence-electron chi connectivity index (χ4n) is 2.80. The molecule has 0 bridgehead atoms. The second kappa shape index (κ2) is 6.88. The van der Waals surface area contributed by atoms with Crippen molar-refractivity contribution in [3.05, 3.63) is 24.3 Å². The molecule has 130 valence electrons. The van der Waals surface area contributed by atoms with Crippen LogP contribution in [0.25, 0.3) is 0 Å². The molecule has 1 aliphatic carbocycles. The van der Waals surface area contributed by atoms with Crippen LogP contribution in [0.1, 0.15) is 38.5 Å². The Kier molecular flexibility index (Phi) is 5.50. The molecule has 8 heteroatoms. The summed E-state index contributed by atoms with van der Waals surface area (Å²) in [7, 11) is -7.04. The summed E-state index contributed by atoms with van der Waals surface area (Å²) in [5.74, 6) is 0. The van der Waals surface area contributed by atoms with E-state index in [0.717, 1.165) is 44.8 Å². The lowest BCUT2D eigenvalue weighted by atomic mass is 9.92. The zero-order valence-corrected chi connectivity index (χ0v) is 14.9. The number of benzene rings is 1. The minimum atomic E-state index is -3.70. The van der Waals surface area contributed by atoms with Crippen LogP contribution in [0.4, 0.5) is 0 Å². The average molecular weight is 361 g/mol. The monoisotopic (exact) mass is 360 g/mol. The quantitative estimate of drug-likeness (QED) is 0.772. The van der Waals surface area contributed by atoms with Crippen molar-refractivity contribution < 1.29 is 16.8 Å². The van der Waals surface area contributed by atoms with Crippen LogP contribution in [-0.2, 0) is 19.9 Å². The Balaban J connectivity index is 2.09. The molecule has 1 aromatic carbocycles. The zero-order chi connectivity index (χ0) is 17.1. The summed E-state index contributed by atoms with van der Waals surface area (Å²) in [4.78, 5) is 0.137. The summed E-state index contributed by atoms with van der Waals surface area (Å²) in [6.07, 6.45) is 7.00. The molecule has 0 aromatic heterocycles. The topological polar surface area (TPSA) is 106 Å². The molecule has 1 aliphatic rings. The smallest absolute Gasteiger partial charge is 0.240 e. The predicted octanol–water partition coefficient (Wildman–Crippen LogP) is 1.42. The highest BCUT2D eigenvalue weighted by Crippen LogP contribution is 2.25. The Morgan fingerprint density at radius 3 is 1.91 bits per heavy atom. The van der Waals surface area contributed by atoms with Gasteiger partial charge in [-0.2, -0.15) is 0 Å². The third-order valence-electron chi connectivity index (χ3n) is 4.28. The van der Waals surface area contributed by atoms with Gasteiger partial charge in [-0.1, -0.05) is 25.7 Å². The Hall–Kier alpha value is -0.960. The van der Waals surface area contributed by atoms with Gasteiger partial charge in [-0.15, -0.1) is 0 Å². The first-order valence-corrected chi connectivity index (χ1v) is 11.1. The Labute approximate surface area is 138 Å². The minimum absolute atomic E-state index is 0.0436. The van der Waals surface area contributed by atoms with E-state index in [2.05, 4.69) is 4.72 Å². The number of nitrogens with two attached hydrogens (primary N) is 1. The molecule has 1 aromatic rings. The summed E-state index contributed by atoms with van der Waals surface area (Å²) < 4.78 is 50.1. The van der Waals surface area contributed by atoms with Crippen LogP contribution in [0, 0.1) is 0 Å². The molecule has 1 saturated carbocycles. The van der Waals surface area contributed by atoms with Gasteiger partial charge in [0.1, 0.15) is 0 Å². The molecule has 3 N–H and O–H groups in total. The SMILES string of the molecule is CS(=O)(=O)c1ccc(S(=O)(=O)NCC2(N)CCCCCC2)cc1. The molecule has 1 fully saturated rings. The maximum absolute atomic E-state index is 12.3. The normalized spacial score (nSPS) is 19.2. The molecule has 2 rings (SSSR count). The molecule has 6 nitrogen and oxygen atoms in total. The number of nitrogens with one attached hydrogen (secondary N) is 1. The summed E-state index contributed by atoms with van der Waals surface area (Å²) in [5.41, 5.74) is 5.82. The van der Waals surface area contributed by atoms with Crippen LogP contribution in [-0.4, -0.2) is 35.2 Å². The van der Waals surface area contributed by atoms with Gasteiger partial charge in [-0.3, -0.25) is 0 Å². The van der Waals surface area contributed by atoms with Crippen LogP contribution < -0.4 is 10.5 Å². The Morgan fingerprint density at radius 2 is 1.43 bits per heavy atom. The highest BCUT2D eigenvalue weighted by molar-refractivity contribution is 7.90. The van der Waals surface area contributed by atoms with E-state index in [9.17, 15) is 16.8 Å². The number of rotatable bonds is 5. The molecule has 23 heavy (non-hydrogen) atoms. The van der Waals surface area contributed by atoms with Crippen molar-refractivity contribution in [2.45, 2.75) is 53.9 Å². The van der Waals surface area contributed by atoms with Gasteiger partial charge in [0.15, 0.2) is 9.84 Å². The lowest BCUT2D eigenvalue weighted by molar-refractivity contribution is 0.369. The first kappa shape index (κ1) is 18.4. The van der Waals surface area contributed by atoms with Gasteiger partial charge in [0.25, 0.3) is 0 Å². The summed E-state index contributed by atoms with van der Waals surface area (Å²) in [6, 6.07) is 5.20. The van der Waals surface area contributed by atoms with E-state index in [1.165, 1.54) is 24.3 Å². The van der Waals surface area contributed by atoms with Crippen molar-refractivity contribution in [1.29, 1.82) is 0 Å². The summed E-state index contributed by atoms with van der Waals surface area (Å²) in [5, 5.41) is 0. The molecule has 0 atom stereocenters. The molecule has 0 radical (unpaired) electrons. The van der Waals surface area contributed by atoms with Crippen molar-refractivity contribution in [3.8, 4) is 0 Å². The van der Waals surface area contributed by atoms with Crippen molar-refractivity contribution in [2.75, 3.05) is 12.8 Å². The predicted molar refractivity (Wildman–Crippen MR) is 89.4 cm³/mol. The summed E-state index contributed by atoms with van der Waals surface area (Å²) >= 11 is 0. The van der Waals surface area contributed by atoms with Crippen LogP contribution in [0.15, 0.2) is 34.1 Å². The van der Waals surface area contributed by atoms with E-state index in [-0.39, 0.29) is 16.3 Å². The van der Waals surface area contributed by atoms with E-state index in [1.807, 2.05) is 0 Å². The van der Waals surface area contributed by atoms with E-state index in [4.69, 9.17) is 5.73 Å².